The second kappa shape index (κ2) is 6.49. The Balaban J connectivity index is 1.61. The summed E-state index contributed by atoms with van der Waals surface area (Å²) in [5, 5.41) is 0. The number of ether oxygens (including phenoxy) is 2. The number of halogens is 1. The summed E-state index contributed by atoms with van der Waals surface area (Å²) < 4.78 is 15.3. The van der Waals surface area contributed by atoms with E-state index in [1.54, 1.807) is 22.8 Å². The summed E-state index contributed by atoms with van der Waals surface area (Å²) in [6.07, 6.45) is 1.89. The van der Waals surface area contributed by atoms with Crippen LogP contribution in [0.15, 0.2) is 53.1 Å². The van der Waals surface area contributed by atoms with E-state index in [0.29, 0.717) is 23.0 Å². The number of imidazole rings is 1. The first-order valence-electron chi connectivity index (χ1n) is 8.06. The fourth-order valence-corrected chi connectivity index (χ4v) is 3.21. The molecule has 7 heteroatoms. The minimum absolute atomic E-state index is 0.0482. The molecule has 1 aromatic heterocycles. The molecule has 0 radical (unpaired) electrons. The van der Waals surface area contributed by atoms with Crippen molar-refractivity contribution in [1.82, 2.24) is 4.57 Å². The average molecular weight is 415 g/mol. The quantitative estimate of drug-likeness (QED) is 0.526. The molecule has 26 heavy (non-hydrogen) atoms. The number of Topliss-reactive ketones (excluding diaryl/α,β-unsaturated/α-hetero) is 1. The van der Waals surface area contributed by atoms with Crippen molar-refractivity contribution in [3.63, 3.8) is 0 Å². The molecule has 2 N–H and O–H groups in total. The first-order chi connectivity index (χ1) is 12.5. The topological polar surface area (TPSA) is 70.4 Å². The number of nitrogen functional groups attached to an aromatic ring is 1. The Kier molecular flexibility index (Phi) is 4.16. The number of anilines is 1. The molecule has 0 aliphatic carbocycles. The zero-order chi connectivity index (χ0) is 18.3. The summed E-state index contributed by atoms with van der Waals surface area (Å²) in [5.41, 5.74) is 8.74. The van der Waals surface area contributed by atoms with E-state index in [1.165, 1.54) is 0 Å². The van der Waals surface area contributed by atoms with E-state index in [1.807, 2.05) is 42.1 Å². The largest absolute Gasteiger partial charge is 0.454 e. The molecule has 2 aromatic carbocycles. The van der Waals surface area contributed by atoms with Crippen molar-refractivity contribution in [3.8, 4) is 22.8 Å². The molecule has 6 nitrogen and oxygen atoms in total. The van der Waals surface area contributed by atoms with Crippen molar-refractivity contribution in [2.45, 2.75) is 6.54 Å². The molecule has 4 rings (SSSR count). The summed E-state index contributed by atoms with van der Waals surface area (Å²) in [5.74, 6) is 1.72. The molecule has 3 aromatic rings. The van der Waals surface area contributed by atoms with Crippen LogP contribution >= 0.6 is 15.9 Å². The van der Waals surface area contributed by atoms with Crippen LogP contribution in [0.4, 0.5) is 5.95 Å². The van der Waals surface area contributed by atoms with Gasteiger partial charge in [0.2, 0.25) is 6.79 Å². The normalized spacial score (nSPS) is 12.4. The zero-order valence-corrected chi connectivity index (χ0v) is 15.7. The highest BCUT2D eigenvalue weighted by molar-refractivity contribution is 9.10. The van der Waals surface area contributed by atoms with Crippen LogP contribution in [0, 0.1) is 0 Å². The molecular weight excluding hydrogens is 398 g/mol. The first-order valence-corrected chi connectivity index (χ1v) is 8.85. The maximum atomic E-state index is 12.7. The number of hydrogen-bond acceptors (Lipinski definition) is 4. The van der Waals surface area contributed by atoms with Gasteiger partial charge in [0, 0.05) is 15.6 Å². The Morgan fingerprint density at radius 3 is 2.69 bits per heavy atom. The number of ketones is 1. The molecular formula is C19H17BrN3O3+. The molecule has 2 heterocycles. The van der Waals surface area contributed by atoms with Crippen LogP contribution in [0.5, 0.6) is 11.5 Å². The van der Waals surface area contributed by atoms with Gasteiger partial charge in [0.05, 0.1) is 7.05 Å². The molecule has 0 unspecified atom stereocenters. The van der Waals surface area contributed by atoms with Crippen LogP contribution in [0.1, 0.15) is 10.4 Å². The number of carbonyl (C=O) groups is 1. The second-order valence-corrected chi connectivity index (χ2v) is 6.97. The van der Waals surface area contributed by atoms with Gasteiger partial charge in [0.25, 0.3) is 0 Å². The van der Waals surface area contributed by atoms with E-state index in [0.717, 1.165) is 15.7 Å². The van der Waals surface area contributed by atoms with Crippen molar-refractivity contribution >= 4 is 27.7 Å². The molecule has 0 amide bonds. The van der Waals surface area contributed by atoms with Crippen LogP contribution in [0.25, 0.3) is 11.3 Å². The summed E-state index contributed by atoms with van der Waals surface area (Å²) in [7, 11) is 1.88. The summed E-state index contributed by atoms with van der Waals surface area (Å²) in [4.78, 5) is 12.7. The number of carbonyl (C=O) groups excluding carboxylic acids is 1. The number of nitrogens with zero attached hydrogens (tertiary/aromatic N) is 2. The molecule has 0 atom stereocenters. The van der Waals surface area contributed by atoms with E-state index < -0.39 is 0 Å². The Hall–Kier alpha value is -2.80. The van der Waals surface area contributed by atoms with Gasteiger partial charge in [0.15, 0.2) is 17.3 Å². The van der Waals surface area contributed by atoms with Crippen LogP contribution in [-0.2, 0) is 13.6 Å². The number of rotatable bonds is 4. The average Bonchev–Trinajstić information content (AvgIpc) is 3.22. The molecule has 0 saturated carbocycles. The second-order valence-electron chi connectivity index (χ2n) is 6.06. The van der Waals surface area contributed by atoms with Gasteiger partial charge in [-0.15, -0.1) is 0 Å². The fraction of sp³-hybridized carbons (Fsp3) is 0.158. The van der Waals surface area contributed by atoms with E-state index in [4.69, 9.17) is 15.2 Å². The van der Waals surface area contributed by atoms with Gasteiger partial charge in [-0.1, -0.05) is 28.1 Å². The SMILES string of the molecule is Cn1c(-c2ccc(Br)cc2)c[n+](CC(=O)c2ccc3c(c2)OCO3)c1N. The van der Waals surface area contributed by atoms with E-state index >= 15 is 0 Å². The lowest BCUT2D eigenvalue weighted by Crippen LogP contribution is -2.39. The summed E-state index contributed by atoms with van der Waals surface area (Å²) in [6.45, 7) is 0.333. The van der Waals surface area contributed by atoms with Gasteiger partial charge in [0.1, 0.15) is 18.4 Å². The minimum Gasteiger partial charge on any atom is -0.454 e. The van der Waals surface area contributed by atoms with Gasteiger partial charge in [-0.3, -0.25) is 10.5 Å². The lowest BCUT2D eigenvalue weighted by molar-refractivity contribution is -0.667. The fourth-order valence-electron chi connectivity index (χ4n) is 2.95. The standard InChI is InChI=1S/C19H16BrN3O3/c1-22-15(12-2-5-14(20)6-3-12)9-23(19(22)21)10-16(24)13-4-7-17-18(8-13)26-11-25-17/h2-9,21H,10-11H2,1H3/p+1. The third-order valence-corrected chi connectivity index (χ3v) is 4.95. The highest BCUT2D eigenvalue weighted by Crippen LogP contribution is 2.32. The molecule has 132 valence electrons. The van der Waals surface area contributed by atoms with Gasteiger partial charge < -0.3 is 9.47 Å². The number of aromatic nitrogens is 2. The van der Waals surface area contributed by atoms with Gasteiger partial charge in [-0.25, -0.2) is 9.13 Å². The van der Waals surface area contributed by atoms with Crippen molar-refractivity contribution in [2.24, 2.45) is 7.05 Å². The third-order valence-electron chi connectivity index (χ3n) is 4.43. The predicted molar refractivity (Wildman–Crippen MR) is 100 cm³/mol. The molecule has 0 saturated heterocycles. The molecule has 0 bridgehead atoms. The first kappa shape index (κ1) is 16.7. The maximum Gasteiger partial charge on any atom is 0.355 e. The van der Waals surface area contributed by atoms with Crippen molar-refractivity contribution in [2.75, 3.05) is 12.5 Å². The molecule has 0 spiro atoms. The Labute approximate surface area is 158 Å². The van der Waals surface area contributed by atoms with Crippen LogP contribution in [-0.4, -0.2) is 17.1 Å². The van der Waals surface area contributed by atoms with Gasteiger partial charge in [-0.05, 0) is 30.3 Å². The lowest BCUT2D eigenvalue weighted by atomic mass is 10.1. The summed E-state index contributed by atoms with van der Waals surface area (Å²) >= 11 is 3.44. The van der Waals surface area contributed by atoms with E-state index in [-0.39, 0.29) is 19.1 Å². The minimum atomic E-state index is -0.0482. The molecule has 1 aliphatic rings. The van der Waals surface area contributed by atoms with Gasteiger partial charge >= 0.3 is 5.95 Å². The number of hydrogen-bond donors (Lipinski definition) is 1. The molecule has 1 aliphatic heterocycles. The molecule has 0 fully saturated rings. The zero-order valence-electron chi connectivity index (χ0n) is 14.1. The van der Waals surface area contributed by atoms with Crippen LogP contribution in [0.2, 0.25) is 0 Å². The highest BCUT2D eigenvalue weighted by Gasteiger charge is 2.22. The Morgan fingerprint density at radius 2 is 1.92 bits per heavy atom. The number of benzene rings is 2. The van der Waals surface area contributed by atoms with Crippen LogP contribution < -0.4 is 19.8 Å². The van der Waals surface area contributed by atoms with Crippen LogP contribution in [0.3, 0.4) is 0 Å². The van der Waals surface area contributed by atoms with Crippen molar-refractivity contribution in [1.29, 1.82) is 0 Å². The number of fused-ring (bicyclic) bond motifs is 1. The highest BCUT2D eigenvalue weighted by atomic mass is 79.9. The predicted octanol–water partition coefficient (Wildman–Crippen LogP) is 2.94. The summed E-state index contributed by atoms with van der Waals surface area (Å²) in [6, 6.07) is 13.2. The smallest absolute Gasteiger partial charge is 0.355 e. The number of nitrogens with two attached hydrogens (primary N) is 1. The van der Waals surface area contributed by atoms with Crippen molar-refractivity contribution in [3.05, 3.63) is 58.7 Å². The van der Waals surface area contributed by atoms with E-state index in [2.05, 4.69) is 15.9 Å². The van der Waals surface area contributed by atoms with E-state index in [9.17, 15) is 4.79 Å². The third kappa shape index (κ3) is 2.94. The van der Waals surface area contributed by atoms with Gasteiger partial charge in [-0.2, -0.15) is 0 Å². The lowest BCUT2D eigenvalue weighted by Gasteiger charge is -2.02. The maximum absolute atomic E-state index is 12.7. The van der Waals surface area contributed by atoms with Crippen molar-refractivity contribution < 1.29 is 18.8 Å². The monoisotopic (exact) mass is 414 g/mol. The Bertz CT molecular complexity index is 996. The Morgan fingerprint density at radius 1 is 1.19 bits per heavy atom.